The zero-order chi connectivity index (χ0) is 15.9. The van der Waals surface area contributed by atoms with E-state index in [0.29, 0.717) is 6.54 Å². The second-order valence-electron chi connectivity index (χ2n) is 5.29. The second kappa shape index (κ2) is 7.73. The maximum absolute atomic E-state index is 5.32. The molecular formula is C17H25N3O2. The fraction of sp³-hybridized carbons (Fsp3) is 0.471. The third kappa shape index (κ3) is 3.93. The molecular weight excluding hydrogens is 278 g/mol. The summed E-state index contributed by atoms with van der Waals surface area (Å²) in [5, 5.41) is 7.95. The van der Waals surface area contributed by atoms with Gasteiger partial charge in [0.25, 0.3) is 0 Å². The molecule has 22 heavy (non-hydrogen) atoms. The van der Waals surface area contributed by atoms with Crippen LogP contribution in [0.4, 0.5) is 5.82 Å². The Morgan fingerprint density at radius 1 is 1.14 bits per heavy atom. The van der Waals surface area contributed by atoms with Gasteiger partial charge in [-0.05, 0) is 31.0 Å². The van der Waals surface area contributed by atoms with Gasteiger partial charge in [-0.25, -0.2) is 0 Å². The molecule has 1 aromatic heterocycles. The lowest BCUT2D eigenvalue weighted by Crippen LogP contribution is -2.04. The molecule has 1 N–H and O–H groups in total. The molecule has 1 heterocycles. The van der Waals surface area contributed by atoms with E-state index in [1.165, 1.54) is 12.1 Å². The Morgan fingerprint density at radius 2 is 1.91 bits per heavy atom. The number of rotatable bonds is 8. The Hall–Kier alpha value is -2.17. The molecule has 0 atom stereocenters. The predicted molar refractivity (Wildman–Crippen MR) is 88.7 cm³/mol. The lowest BCUT2D eigenvalue weighted by molar-refractivity contribution is 0.354. The summed E-state index contributed by atoms with van der Waals surface area (Å²) in [6.45, 7) is 5.95. The first-order valence-corrected chi connectivity index (χ1v) is 7.67. The summed E-state index contributed by atoms with van der Waals surface area (Å²) in [6.07, 6.45) is 2.32. The zero-order valence-electron chi connectivity index (χ0n) is 13.8. The SMILES string of the molecule is CCCCn1nc(NCc2ccc(OC)c(OC)c2)cc1C. The van der Waals surface area contributed by atoms with Crippen LogP contribution >= 0.6 is 0 Å². The lowest BCUT2D eigenvalue weighted by atomic mass is 10.2. The molecule has 0 bridgehead atoms. The number of anilines is 1. The van der Waals surface area contributed by atoms with Crippen LogP contribution in [0.3, 0.4) is 0 Å². The van der Waals surface area contributed by atoms with Crippen LogP contribution in [0.1, 0.15) is 31.0 Å². The summed E-state index contributed by atoms with van der Waals surface area (Å²) in [5.74, 6) is 2.39. The third-order valence-corrected chi connectivity index (χ3v) is 3.63. The molecule has 5 heteroatoms. The van der Waals surface area contributed by atoms with Crippen LogP contribution in [0.25, 0.3) is 0 Å². The second-order valence-corrected chi connectivity index (χ2v) is 5.29. The smallest absolute Gasteiger partial charge is 0.161 e. The van der Waals surface area contributed by atoms with E-state index in [4.69, 9.17) is 9.47 Å². The Morgan fingerprint density at radius 3 is 2.59 bits per heavy atom. The average molecular weight is 303 g/mol. The summed E-state index contributed by atoms with van der Waals surface area (Å²) in [7, 11) is 3.29. The number of benzene rings is 1. The van der Waals surface area contributed by atoms with Crippen LogP contribution in [-0.4, -0.2) is 24.0 Å². The van der Waals surface area contributed by atoms with E-state index in [1.807, 2.05) is 18.2 Å². The molecule has 0 saturated heterocycles. The number of ether oxygens (including phenoxy) is 2. The first kappa shape index (κ1) is 16.2. The molecule has 0 aliphatic rings. The molecule has 2 rings (SSSR count). The van der Waals surface area contributed by atoms with E-state index in [1.54, 1.807) is 14.2 Å². The first-order valence-electron chi connectivity index (χ1n) is 7.67. The maximum atomic E-state index is 5.32. The number of methoxy groups -OCH3 is 2. The van der Waals surface area contributed by atoms with E-state index in [9.17, 15) is 0 Å². The third-order valence-electron chi connectivity index (χ3n) is 3.63. The van der Waals surface area contributed by atoms with Crippen LogP contribution in [0.15, 0.2) is 24.3 Å². The van der Waals surface area contributed by atoms with Gasteiger partial charge in [-0.2, -0.15) is 5.10 Å². The van der Waals surface area contributed by atoms with E-state index in [0.717, 1.165) is 35.8 Å². The Balaban J connectivity index is 2.01. The van der Waals surface area contributed by atoms with E-state index >= 15 is 0 Å². The quantitative estimate of drug-likeness (QED) is 0.809. The number of hydrogen-bond acceptors (Lipinski definition) is 4. The van der Waals surface area contributed by atoms with Gasteiger partial charge in [-0.15, -0.1) is 0 Å². The van der Waals surface area contributed by atoms with Gasteiger partial charge in [-0.1, -0.05) is 19.4 Å². The molecule has 0 fully saturated rings. The van der Waals surface area contributed by atoms with Crippen molar-refractivity contribution in [3.63, 3.8) is 0 Å². The summed E-state index contributed by atoms with van der Waals surface area (Å²) >= 11 is 0. The molecule has 120 valence electrons. The van der Waals surface area contributed by atoms with Gasteiger partial charge >= 0.3 is 0 Å². The highest BCUT2D eigenvalue weighted by Crippen LogP contribution is 2.27. The Kier molecular flexibility index (Phi) is 5.69. The van der Waals surface area contributed by atoms with Crippen LogP contribution < -0.4 is 14.8 Å². The molecule has 0 amide bonds. The van der Waals surface area contributed by atoms with Gasteiger partial charge < -0.3 is 14.8 Å². The normalized spacial score (nSPS) is 10.5. The molecule has 0 unspecified atom stereocenters. The van der Waals surface area contributed by atoms with Gasteiger partial charge in [0, 0.05) is 24.8 Å². The van der Waals surface area contributed by atoms with Crippen molar-refractivity contribution in [1.82, 2.24) is 9.78 Å². The molecule has 0 saturated carbocycles. The van der Waals surface area contributed by atoms with Crippen LogP contribution in [0.5, 0.6) is 11.5 Å². The van der Waals surface area contributed by atoms with Crippen molar-refractivity contribution in [2.75, 3.05) is 19.5 Å². The van der Waals surface area contributed by atoms with Gasteiger partial charge in [0.05, 0.1) is 14.2 Å². The molecule has 0 aliphatic carbocycles. The summed E-state index contributed by atoms with van der Waals surface area (Å²) in [6, 6.07) is 8.00. The lowest BCUT2D eigenvalue weighted by Gasteiger charge is -2.10. The fourth-order valence-corrected chi connectivity index (χ4v) is 2.31. The van der Waals surface area contributed by atoms with Gasteiger partial charge in [-0.3, -0.25) is 4.68 Å². The predicted octanol–water partition coefficient (Wildman–Crippen LogP) is 3.62. The fourth-order valence-electron chi connectivity index (χ4n) is 2.31. The number of unbranched alkanes of at least 4 members (excludes halogenated alkanes) is 1. The topological polar surface area (TPSA) is 48.3 Å². The highest BCUT2D eigenvalue weighted by atomic mass is 16.5. The van der Waals surface area contributed by atoms with Crippen LogP contribution in [0, 0.1) is 6.92 Å². The van der Waals surface area contributed by atoms with Crippen LogP contribution in [-0.2, 0) is 13.1 Å². The number of hydrogen-bond donors (Lipinski definition) is 1. The van der Waals surface area contributed by atoms with Crippen molar-refractivity contribution in [1.29, 1.82) is 0 Å². The number of aryl methyl sites for hydroxylation is 2. The zero-order valence-corrected chi connectivity index (χ0v) is 13.8. The van der Waals surface area contributed by atoms with E-state index in [-0.39, 0.29) is 0 Å². The number of nitrogens with one attached hydrogen (secondary N) is 1. The molecule has 0 aliphatic heterocycles. The molecule has 5 nitrogen and oxygen atoms in total. The molecule has 0 radical (unpaired) electrons. The van der Waals surface area contributed by atoms with Crippen molar-refractivity contribution in [3.05, 3.63) is 35.5 Å². The Labute approximate surface area is 132 Å². The minimum Gasteiger partial charge on any atom is -0.493 e. The largest absolute Gasteiger partial charge is 0.493 e. The van der Waals surface area contributed by atoms with Crippen molar-refractivity contribution in [3.8, 4) is 11.5 Å². The summed E-state index contributed by atoms with van der Waals surface area (Å²) < 4.78 is 12.6. The van der Waals surface area contributed by atoms with Crippen molar-refractivity contribution in [2.24, 2.45) is 0 Å². The number of aromatic nitrogens is 2. The summed E-state index contributed by atoms with van der Waals surface area (Å²) in [5.41, 5.74) is 2.31. The van der Waals surface area contributed by atoms with Crippen molar-refractivity contribution >= 4 is 5.82 Å². The average Bonchev–Trinajstić information content (AvgIpc) is 2.90. The highest BCUT2D eigenvalue weighted by molar-refractivity contribution is 5.44. The van der Waals surface area contributed by atoms with E-state index in [2.05, 4.69) is 35.0 Å². The standard InChI is InChI=1S/C17H25N3O2/c1-5-6-9-20-13(2)10-17(19-20)18-12-14-7-8-15(21-3)16(11-14)22-4/h7-8,10-11H,5-6,9,12H2,1-4H3,(H,18,19). The highest BCUT2D eigenvalue weighted by Gasteiger charge is 2.06. The molecule has 1 aromatic carbocycles. The molecule has 2 aromatic rings. The van der Waals surface area contributed by atoms with Crippen molar-refractivity contribution in [2.45, 2.75) is 39.8 Å². The van der Waals surface area contributed by atoms with Crippen LogP contribution in [0.2, 0.25) is 0 Å². The van der Waals surface area contributed by atoms with Gasteiger partial charge in [0.2, 0.25) is 0 Å². The first-order chi connectivity index (χ1) is 10.7. The van der Waals surface area contributed by atoms with Gasteiger partial charge in [0.15, 0.2) is 11.5 Å². The van der Waals surface area contributed by atoms with E-state index < -0.39 is 0 Å². The monoisotopic (exact) mass is 303 g/mol. The summed E-state index contributed by atoms with van der Waals surface area (Å²) in [4.78, 5) is 0. The minimum absolute atomic E-state index is 0.699. The molecule has 0 spiro atoms. The Bertz CT molecular complexity index is 608. The van der Waals surface area contributed by atoms with Gasteiger partial charge in [0.1, 0.15) is 5.82 Å². The maximum Gasteiger partial charge on any atom is 0.161 e. The number of nitrogens with zero attached hydrogens (tertiary/aromatic N) is 2. The minimum atomic E-state index is 0.699. The van der Waals surface area contributed by atoms with Crippen molar-refractivity contribution < 1.29 is 9.47 Å².